The van der Waals surface area contributed by atoms with E-state index in [9.17, 15) is 0 Å². The van der Waals surface area contributed by atoms with Crippen LogP contribution in [0.2, 0.25) is 0 Å². The summed E-state index contributed by atoms with van der Waals surface area (Å²) in [6, 6.07) is 2.42. The zero-order valence-corrected chi connectivity index (χ0v) is 12.9. The summed E-state index contributed by atoms with van der Waals surface area (Å²) in [4.78, 5) is 1.46. The molecule has 2 rings (SSSR count). The molecule has 2 heteroatoms. The highest BCUT2D eigenvalue weighted by Crippen LogP contribution is 2.41. The van der Waals surface area contributed by atoms with Crippen LogP contribution in [-0.2, 0) is 0 Å². The van der Waals surface area contributed by atoms with Crippen LogP contribution in [-0.4, -0.2) is 13.1 Å². The highest BCUT2D eigenvalue weighted by Gasteiger charge is 2.29. The zero-order chi connectivity index (χ0) is 13.0. The summed E-state index contributed by atoms with van der Waals surface area (Å²) < 4.78 is 0. The first-order valence-corrected chi connectivity index (χ1v) is 8.34. The summed E-state index contributed by atoms with van der Waals surface area (Å²) >= 11 is 1.91. The molecule has 0 spiro atoms. The molecule has 18 heavy (non-hydrogen) atoms. The summed E-state index contributed by atoms with van der Waals surface area (Å²) in [5.74, 6) is 2.54. The number of hydrogen-bond acceptors (Lipinski definition) is 2. The van der Waals surface area contributed by atoms with Gasteiger partial charge in [0.2, 0.25) is 0 Å². The second-order valence-electron chi connectivity index (χ2n) is 5.98. The van der Waals surface area contributed by atoms with Gasteiger partial charge >= 0.3 is 0 Å². The van der Waals surface area contributed by atoms with Crippen LogP contribution in [0.25, 0.3) is 0 Å². The summed E-state index contributed by atoms with van der Waals surface area (Å²) in [6.45, 7) is 9.27. The SMILES string of the molecule is CCCNCC1CCC(C)CC1c1csc(C)c1. The van der Waals surface area contributed by atoms with Gasteiger partial charge in [-0.15, -0.1) is 11.3 Å². The van der Waals surface area contributed by atoms with E-state index < -0.39 is 0 Å². The third-order valence-electron chi connectivity index (χ3n) is 4.27. The van der Waals surface area contributed by atoms with Crippen molar-refractivity contribution in [3.63, 3.8) is 0 Å². The second-order valence-corrected chi connectivity index (χ2v) is 7.09. The van der Waals surface area contributed by atoms with Crippen molar-refractivity contribution in [2.45, 2.75) is 52.4 Å². The Labute approximate surface area is 116 Å². The molecule has 3 atom stereocenters. The Bertz CT molecular complexity index is 358. The molecule has 1 aliphatic rings. The number of thiophene rings is 1. The molecule has 102 valence electrons. The molecule has 0 aliphatic heterocycles. The number of aryl methyl sites for hydroxylation is 1. The third kappa shape index (κ3) is 3.58. The molecule has 0 saturated heterocycles. The van der Waals surface area contributed by atoms with E-state index >= 15 is 0 Å². The third-order valence-corrected chi connectivity index (χ3v) is 5.15. The maximum absolute atomic E-state index is 3.63. The highest BCUT2D eigenvalue weighted by atomic mass is 32.1. The van der Waals surface area contributed by atoms with Gasteiger partial charge in [-0.25, -0.2) is 0 Å². The molecule has 0 amide bonds. The maximum Gasteiger partial charge on any atom is 0.00171 e. The molecule has 0 bridgehead atoms. The van der Waals surface area contributed by atoms with Gasteiger partial charge in [-0.05, 0) is 74.0 Å². The van der Waals surface area contributed by atoms with Crippen LogP contribution in [0.5, 0.6) is 0 Å². The Balaban J connectivity index is 2.01. The lowest BCUT2D eigenvalue weighted by molar-refractivity contribution is 0.242. The van der Waals surface area contributed by atoms with Crippen LogP contribution in [0, 0.1) is 18.8 Å². The van der Waals surface area contributed by atoms with Crippen LogP contribution < -0.4 is 5.32 Å². The molecule has 1 nitrogen and oxygen atoms in total. The first kappa shape index (κ1) is 14.1. The lowest BCUT2D eigenvalue weighted by Gasteiger charge is -2.35. The van der Waals surface area contributed by atoms with E-state index in [2.05, 4.69) is 37.5 Å². The molecule has 1 heterocycles. The predicted octanol–water partition coefficient (Wildman–Crippen LogP) is 4.58. The van der Waals surface area contributed by atoms with E-state index in [0.717, 1.165) is 17.8 Å². The van der Waals surface area contributed by atoms with Gasteiger partial charge in [-0.3, -0.25) is 0 Å². The molecular weight excluding hydrogens is 238 g/mol. The van der Waals surface area contributed by atoms with E-state index in [-0.39, 0.29) is 0 Å². The summed E-state index contributed by atoms with van der Waals surface area (Å²) in [7, 11) is 0. The largest absolute Gasteiger partial charge is 0.316 e. The van der Waals surface area contributed by atoms with Crippen LogP contribution in [0.15, 0.2) is 11.4 Å². The topological polar surface area (TPSA) is 12.0 Å². The zero-order valence-electron chi connectivity index (χ0n) is 12.0. The van der Waals surface area contributed by atoms with Crippen LogP contribution >= 0.6 is 11.3 Å². The van der Waals surface area contributed by atoms with Crippen LogP contribution in [0.4, 0.5) is 0 Å². The molecule has 1 saturated carbocycles. The Morgan fingerprint density at radius 3 is 2.89 bits per heavy atom. The molecule has 1 fully saturated rings. The Hall–Kier alpha value is -0.340. The second kappa shape index (κ2) is 6.72. The average Bonchev–Trinajstić information content (AvgIpc) is 2.78. The first-order valence-electron chi connectivity index (χ1n) is 7.46. The van der Waals surface area contributed by atoms with Gasteiger partial charge in [0.25, 0.3) is 0 Å². The van der Waals surface area contributed by atoms with E-state index in [1.165, 1.54) is 43.6 Å². The highest BCUT2D eigenvalue weighted by molar-refractivity contribution is 7.10. The van der Waals surface area contributed by atoms with Crippen molar-refractivity contribution in [2.75, 3.05) is 13.1 Å². The fraction of sp³-hybridized carbons (Fsp3) is 0.750. The van der Waals surface area contributed by atoms with Gasteiger partial charge < -0.3 is 5.32 Å². The lowest BCUT2D eigenvalue weighted by Crippen LogP contribution is -2.31. The number of rotatable bonds is 5. The molecule has 0 radical (unpaired) electrons. The summed E-state index contributed by atoms with van der Waals surface area (Å²) in [5, 5.41) is 6.02. The van der Waals surface area contributed by atoms with Crippen molar-refractivity contribution in [3.05, 3.63) is 21.9 Å². The van der Waals surface area contributed by atoms with Gasteiger partial charge in [-0.1, -0.05) is 20.3 Å². The minimum Gasteiger partial charge on any atom is -0.316 e. The monoisotopic (exact) mass is 265 g/mol. The van der Waals surface area contributed by atoms with E-state index in [0.29, 0.717) is 0 Å². The minimum atomic E-state index is 0.794. The summed E-state index contributed by atoms with van der Waals surface area (Å²) in [6.07, 6.45) is 5.44. The Morgan fingerprint density at radius 2 is 2.22 bits per heavy atom. The van der Waals surface area contributed by atoms with Crippen molar-refractivity contribution < 1.29 is 0 Å². The fourth-order valence-electron chi connectivity index (χ4n) is 3.22. The molecule has 1 aromatic heterocycles. The minimum absolute atomic E-state index is 0.794. The number of hydrogen-bond donors (Lipinski definition) is 1. The first-order chi connectivity index (χ1) is 8.70. The van der Waals surface area contributed by atoms with E-state index in [1.807, 2.05) is 11.3 Å². The van der Waals surface area contributed by atoms with Gasteiger partial charge in [0.15, 0.2) is 0 Å². The van der Waals surface area contributed by atoms with Gasteiger partial charge in [0.05, 0.1) is 0 Å². The smallest absolute Gasteiger partial charge is 0.00171 e. The van der Waals surface area contributed by atoms with Crippen LogP contribution in [0.3, 0.4) is 0 Å². The van der Waals surface area contributed by atoms with Gasteiger partial charge in [-0.2, -0.15) is 0 Å². The normalized spacial score (nSPS) is 28.5. The van der Waals surface area contributed by atoms with Crippen molar-refractivity contribution in [3.8, 4) is 0 Å². The number of nitrogens with one attached hydrogen (secondary N) is 1. The van der Waals surface area contributed by atoms with Gasteiger partial charge in [0.1, 0.15) is 0 Å². The average molecular weight is 265 g/mol. The molecule has 3 unspecified atom stereocenters. The van der Waals surface area contributed by atoms with Crippen molar-refractivity contribution in [1.29, 1.82) is 0 Å². The quantitative estimate of drug-likeness (QED) is 0.769. The van der Waals surface area contributed by atoms with Gasteiger partial charge in [0, 0.05) is 4.88 Å². The maximum atomic E-state index is 3.63. The lowest BCUT2D eigenvalue weighted by atomic mass is 9.72. The standard InChI is InChI=1S/C16H27NS/c1-4-7-17-10-14-6-5-12(2)8-16(14)15-9-13(3)18-11-15/h9,11-12,14,16-17H,4-8,10H2,1-3H3. The molecule has 1 aromatic rings. The van der Waals surface area contributed by atoms with E-state index in [1.54, 1.807) is 5.56 Å². The predicted molar refractivity (Wildman–Crippen MR) is 81.5 cm³/mol. The molecule has 1 aliphatic carbocycles. The Kier molecular flexibility index (Phi) is 5.25. The van der Waals surface area contributed by atoms with Crippen LogP contribution in [0.1, 0.15) is 55.9 Å². The summed E-state index contributed by atoms with van der Waals surface area (Å²) in [5.41, 5.74) is 1.60. The van der Waals surface area contributed by atoms with E-state index in [4.69, 9.17) is 0 Å². The fourth-order valence-corrected chi connectivity index (χ4v) is 3.99. The molecular formula is C16H27NS. The molecule has 0 aromatic carbocycles. The molecule has 1 N–H and O–H groups in total. The Morgan fingerprint density at radius 1 is 1.39 bits per heavy atom. The van der Waals surface area contributed by atoms with Crippen molar-refractivity contribution in [1.82, 2.24) is 5.32 Å². The van der Waals surface area contributed by atoms with Crippen molar-refractivity contribution >= 4 is 11.3 Å². The van der Waals surface area contributed by atoms with Crippen molar-refractivity contribution in [2.24, 2.45) is 11.8 Å².